The minimum Gasteiger partial charge on any atom is -0.493 e. The fourth-order valence-electron chi connectivity index (χ4n) is 3.31. The first kappa shape index (κ1) is 16.8. The van der Waals surface area contributed by atoms with Gasteiger partial charge in [0.2, 0.25) is 11.0 Å². The van der Waals surface area contributed by atoms with Crippen molar-refractivity contribution in [2.45, 2.75) is 39.2 Å². The Hall–Kier alpha value is -2.02. The van der Waals surface area contributed by atoms with Gasteiger partial charge in [0.15, 0.2) is 5.69 Å². The lowest BCUT2D eigenvalue weighted by atomic mass is 9.78. The third-order valence-corrected chi connectivity index (χ3v) is 5.17. The summed E-state index contributed by atoms with van der Waals surface area (Å²) >= 11 is 5.26. The van der Waals surface area contributed by atoms with E-state index in [-0.39, 0.29) is 17.4 Å². The molecule has 0 bridgehead atoms. The van der Waals surface area contributed by atoms with E-state index < -0.39 is 0 Å². The molecule has 0 saturated heterocycles. The first-order valence-electron chi connectivity index (χ1n) is 8.18. The van der Waals surface area contributed by atoms with Crippen molar-refractivity contribution < 1.29 is 9.50 Å². The summed E-state index contributed by atoms with van der Waals surface area (Å²) in [7, 11) is 0. The SMILES string of the molecule is C[C@H]1[C@@H](NC(=S)N=Nc2c(O)[nH]c3cc(F)ccc23)CCC[C@@H]1C. The summed E-state index contributed by atoms with van der Waals surface area (Å²) in [6.45, 7) is 4.48. The highest BCUT2D eigenvalue weighted by molar-refractivity contribution is 7.80. The van der Waals surface area contributed by atoms with E-state index in [4.69, 9.17) is 12.2 Å². The number of nitrogens with zero attached hydrogens (tertiary/aromatic N) is 2. The van der Waals surface area contributed by atoms with E-state index in [9.17, 15) is 9.50 Å². The minimum absolute atomic E-state index is 0.151. The Morgan fingerprint density at radius 3 is 2.96 bits per heavy atom. The molecule has 0 aliphatic heterocycles. The molecule has 3 atom stereocenters. The summed E-state index contributed by atoms with van der Waals surface area (Å²) in [6, 6.07) is 4.47. The number of rotatable bonds is 2. The van der Waals surface area contributed by atoms with Gasteiger partial charge in [0.25, 0.3) is 0 Å². The van der Waals surface area contributed by atoms with E-state index >= 15 is 0 Å². The molecule has 1 aliphatic carbocycles. The van der Waals surface area contributed by atoms with Crippen molar-refractivity contribution in [3.8, 4) is 5.88 Å². The Bertz CT molecular complexity index is 788. The lowest BCUT2D eigenvalue weighted by molar-refractivity contribution is 0.225. The fraction of sp³-hybridized carbons (Fsp3) is 0.471. The van der Waals surface area contributed by atoms with Crippen LogP contribution in [-0.2, 0) is 0 Å². The lowest BCUT2D eigenvalue weighted by Gasteiger charge is -2.34. The molecular formula is C17H21FN4OS. The Labute approximate surface area is 145 Å². The van der Waals surface area contributed by atoms with Crippen LogP contribution < -0.4 is 5.32 Å². The molecule has 1 aromatic carbocycles. The molecule has 0 radical (unpaired) electrons. The summed E-state index contributed by atoms with van der Waals surface area (Å²) in [5.41, 5.74) is 0.731. The maximum Gasteiger partial charge on any atom is 0.218 e. The smallest absolute Gasteiger partial charge is 0.218 e. The van der Waals surface area contributed by atoms with E-state index in [0.29, 0.717) is 33.9 Å². The Balaban J connectivity index is 1.74. The zero-order valence-electron chi connectivity index (χ0n) is 13.7. The van der Waals surface area contributed by atoms with E-state index in [1.165, 1.54) is 25.0 Å². The van der Waals surface area contributed by atoms with Crippen LogP contribution in [0.3, 0.4) is 0 Å². The summed E-state index contributed by atoms with van der Waals surface area (Å²) < 4.78 is 13.2. The first-order chi connectivity index (χ1) is 11.5. The molecule has 1 aliphatic rings. The Morgan fingerprint density at radius 2 is 2.17 bits per heavy atom. The van der Waals surface area contributed by atoms with Gasteiger partial charge in [-0.05, 0) is 48.7 Å². The van der Waals surface area contributed by atoms with Gasteiger partial charge in [0.1, 0.15) is 5.82 Å². The van der Waals surface area contributed by atoms with Gasteiger partial charge < -0.3 is 15.4 Å². The van der Waals surface area contributed by atoms with E-state index in [1.807, 2.05) is 0 Å². The lowest BCUT2D eigenvalue weighted by Crippen LogP contribution is -2.42. The average molecular weight is 348 g/mol. The highest BCUT2D eigenvalue weighted by Crippen LogP contribution is 2.35. The van der Waals surface area contributed by atoms with Crippen LogP contribution in [0.15, 0.2) is 28.4 Å². The molecule has 1 saturated carbocycles. The van der Waals surface area contributed by atoms with Gasteiger partial charge in [-0.15, -0.1) is 10.2 Å². The van der Waals surface area contributed by atoms with E-state index in [2.05, 4.69) is 34.4 Å². The molecule has 1 heterocycles. The molecule has 1 aromatic heterocycles. The number of fused-ring (bicyclic) bond motifs is 1. The zero-order valence-corrected chi connectivity index (χ0v) is 14.5. The molecule has 3 rings (SSSR count). The monoisotopic (exact) mass is 348 g/mol. The van der Waals surface area contributed by atoms with Crippen molar-refractivity contribution in [3.63, 3.8) is 0 Å². The van der Waals surface area contributed by atoms with Gasteiger partial charge in [-0.3, -0.25) is 0 Å². The second kappa shape index (κ2) is 6.84. The molecule has 7 heteroatoms. The molecule has 2 aromatic rings. The van der Waals surface area contributed by atoms with Gasteiger partial charge >= 0.3 is 0 Å². The number of aromatic nitrogens is 1. The van der Waals surface area contributed by atoms with Gasteiger partial charge in [-0.2, -0.15) is 0 Å². The molecule has 1 fully saturated rings. The zero-order chi connectivity index (χ0) is 17.3. The molecule has 0 spiro atoms. The molecule has 0 amide bonds. The summed E-state index contributed by atoms with van der Waals surface area (Å²) in [5, 5.41) is 22.2. The van der Waals surface area contributed by atoms with Crippen LogP contribution in [0.25, 0.3) is 10.9 Å². The van der Waals surface area contributed by atoms with Gasteiger partial charge in [-0.1, -0.05) is 26.7 Å². The van der Waals surface area contributed by atoms with Crippen LogP contribution in [0.1, 0.15) is 33.1 Å². The van der Waals surface area contributed by atoms with Gasteiger partial charge in [0, 0.05) is 11.4 Å². The molecular weight excluding hydrogens is 327 g/mol. The number of thiocarbonyl (C=S) groups is 1. The standard InChI is InChI=1S/C17H21FN4OS/c1-9-4-3-5-13(10(9)2)20-17(24)22-21-15-12-7-6-11(18)8-14(12)19-16(15)23/h6-10,13,19,23H,3-5H2,1-2H3,(H,20,24)/t9-,10+,13-/m0/s1. The Morgan fingerprint density at radius 1 is 1.38 bits per heavy atom. The number of nitrogens with one attached hydrogen (secondary N) is 2. The quantitative estimate of drug-likeness (QED) is 0.539. The topological polar surface area (TPSA) is 72.8 Å². The molecule has 5 nitrogen and oxygen atoms in total. The number of H-pyrrole nitrogens is 1. The fourth-order valence-corrected chi connectivity index (χ4v) is 3.50. The number of hydrogen-bond acceptors (Lipinski definition) is 3. The van der Waals surface area contributed by atoms with Crippen LogP contribution in [0.5, 0.6) is 5.88 Å². The third-order valence-electron chi connectivity index (χ3n) is 4.97. The Kier molecular flexibility index (Phi) is 4.80. The van der Waals surface area contributed by atoms with E-state index in [1.54, 1.807) is 6.07 Å². The number of hydrogen-bond donors (Lipinski definition) is 3. The summed E-state index contributed by atoms with van der Waals surface area (Å²) in [6.07, 6.45) is 3.49. The largest absolute Gasteiger partial charge is 0.493 e. The molecule has 24 heavy (non-hydrogen) atoms. The molecule has 128 valence electrons. The highest BCUT2D eigenvalue weighted by Gasteiger charge is 2.27. The van der Waals surface area contributed by atoms with Crippen molar-refractivity contribution in [2.24, 2.45) is 22.1 Å². The number of benzene rings is 1. The maximum atomic E-state index is 13.2. The van der Waals surface area contributed by atoms with Crippen molar-refractivity contribution in [1.82, 2.24) is 10.3 Å². The van der Waals surface area contributed by atoms with Crippen LogP contribution in [0.2, 0.25) is 0 Å². The number of aromatic hydroxyl groups is 1. The van der Waals surface area contributed by atoms with Crippen LogP contribution in [0.4, 0.5) is 10.1 Å². The normalized spacial score (nSPS) is 24.5. The summed E-state index contributed by atoms with van der Waals surface area (Å²) in [4.78, 5) is 2.68. The van der Waals surface area contributed by atoms with Crippen LogP contribution >= 0.6 is 12.2 Å². The second-order valence-corrected chi connectivity index (χ2v) is 6.92. The average Bonchev–Trinajstić information content (AvgIpc) is 2.84. The van der Waals surface area contributed by atoms with Crippen LogP contribution in [0, 0.1) is 17.7 Å². The second-order valence-electron chi connectivity index (χ2n) is 6.54. The first-order valence-corrected chi connectivity index (χ1v) is 8.59. The van der Waals surface area contributed by atoms with E-state index in [0.717, 1.165) is 6.42 Å². The van der Waals surface area contributed by atoms with Gasteiger partial charge in [-0.25, -0.2) is 4.39 Å². The van der Waals surface area contributed by atoms with Gasteiger partial charge in [0.05, 0.1) is 5.52 Å². The predicted molar refractivity (Wildman–Crippen MR) is 96.1 cm³/mol. The van der Waals surface area contributed by atoms with Crippen molar-refractivity contribution in [1.29, 1.82) is 0 Å². The maximum absolute atomic E-state index is 13.2. The third kappa shape index (κ3) is 3.40. The highest BCUT2D eigenvalue weighted by atomic mass is 32.1. The van der Waals surface area contributed by atoms with Crippen LogP contribution in [-0.4, -0.2) is 21.2 Å². The minimum atomic E-state index is -0.384. The van der Waals surface area contributed by atoms with Crippen molar-refractivity contribution in [2.75, 3.05) is 0 Å². The number of aromatic amines is 1. The predicted octanol–water partition coefficient (Wildman–Crippen LogP) is 4.80. The van der Waals surface area contributed by atoms with Crippen molar-refractivity contribution >= 4 is 33.9 Å². The number of azo groups is 1. The molecule has 0 unspecified atom stereocenters. The molecule has 3 N–H and O–H groups in total. The number of halogens is 1. The summed E-state index contributed by atoms with van der Waals surface area (Å²) in [5.74, 6) is 0.645. The van der Waals surface area contributed by atoms with Crippen molar-refractivity contribution in [3.05, 3.63) is 24.0 Å².